The minimum atomic E-state index is -0.315. The molecule has 0 fully saturated rings. The lowest BCUT2D eigenvalue weighted by atomic mass is 10.0. The largest absolute Gasteiger partial charge is 0.427 e. The fourth-order valence-corrected chi connectivity index (χ4v) is 4.61. The van der Waals surface area contributed by atoms with Crippen molar-refractivity contribution >= 4 is 9.76 Å². The molecule has 0 saturated heterocycles. The lowest BCUT2D eigenvalue weighted by Crippen LogP contribution is -2.14. The smallest absolute Gasteiger partial charge is 0.166 e. The van der Waals surface area contributed by atoms with Crippen molar-refractivity contribution in [3.63, 3.8) is 0 Å². The Balaban J connectivity index is 3.11. The summed E-state index contributed by atoms with van der Waals surface area (Å²) in [5, 5.41) is 0.505. The van der Waals surface area contributed by atoms with Gasteiger partial charge >= 0.3 is 0 Å². The van der Waals surface area contributed by atoms with Gasteiger partial charge in [-0.05, 0) is 11.5 Å². The summed E-state index contributed by atoms with van der Waals surface area (Å²) >= 11 is 0. The molecule has 0 N–H and O–H groups in total. The van der Waals surface area contributed by atoms with E-state index in [0.717, 1.165) is 0 Å². The first-order valence-electron chi connectivity index (χ1n) is 10.6. The highest BCUT2D eigenvalue weighted by Crippen LogP contribution is 2.30. The molecule has 23 heavy (non-hydrogen) atoms. The molecule has 0 aromatic rings. The van der Waals surface area contributed by atoms with E-state index in [1.165, 1.54) is 103 Å². The Bertz CT molecular complexity index is 228. The molecule has 0 heterocycles. The zero-order valence-corrected chi connectivity index (χ0v) is 18.3. The van der Waals surface area contributed by atoms with Gasteiger partial charge in [0.15, 0.2) is 9.76 Å². The van der Waals surface area contributed by atoms with Crippen molar-refractivity contribution < 1.29 is 4.43 Å². The molecule has 140 valence electrons. The van der Waals surface area contributed by atoms with Gasteiger partial charge in [-0.1, -0.05) is 117 Å². The van der Waals surface area contributed by atoms with E-state index < -0.39 is 0 Å². The Hall–Kier alpha value is 0.177. The lowest BCUT2D eigenvalue weighted by molar-refractivity contribution is 0.396. The third kappa shape index (κ3) is 18.4. The molecule has 0 unspecified atom stereocenters. The molecule has 0 spiro atoms. The van der Waals surface area contributed by atoms with Crippen molar-refractivity contribution in [2.24, 2.45) is 0 Å². The van der Waals surface area contributed by atoms with Gasteiger partial charge in [-0.25, -0.2) is 0 Å². The van der Waals surface area contributed by atoms with Gasteiger partial charge in [0.2, 0.25) is 0 Å². The van der Waals surface area contributed by atoms with Gasteiger partial charge in [0.1, 0.15) is 0 Å². The van der Waals surface area contributed by atoms with Crippen LogP contribution in [0.15, 0.2) is 0 Å². The fourth-order valence-electron chi connectivity index (χ4n) is 3.44. The zero-order valence-electron chi connectivity index (χ0n) is 16.9. The number of hydrogen-bond acceptors (Lipinski definition) is 1. The summed E-state index contributed by atoms with van der Waals surface area (Å²) in [6.07, 6.45) is 23.2. The van der Waals surface area contributed by atoms with Crippen LogP contribution in [0.25, 0.3) is 0 Å². The van der Waals surface area contributed by atoms with E-state index in [1.807, 2.05) is 7.11 Å². The van der Waals surface area contributed by atoms with Crippen LogP contribution in [0.2, 0.25) is 5.04 Å². The van der Waals surface area contributed by atoms with Crippen molar-refractivity contribution in [2.45, 2.75) is 129 Å². The van der Waals surface area contributed by atoms with Crippen LogP contribution in [0, 0.1) is 0 Å². The second-order valence-electron chi connectivity index (χ2n) is 8.30. The van der Waals surface area contributed by atoms with Gasteiger partial charge < -0.3 is 4.43 Å². The quantitative estimate of drug-likeness (QED) is 0.189. The SMILES string of the molecule is CCCCCCCCCCCCCCCCCC(C)(C)[SiH2]OC. The third-order valence-corrected chi connectivity index (χ3v) is 6.42. The molecule has 0 aliphatic carbocycles. The Kier molecular flexibility index (Phi) is 17.1. The molecule has 0 atom stereocenters. The van der Waals surface area contributed by atoms with Gasteiger partial charge in [0.25, 0.3) is 0 Å². The molecule has 0 aromatic carbocycles. The van der Waals surface area contributed by atoms with Crippen molar-refractivity contribution in [3.8, 4) is 0 Å². The maximum atomic E-state index is 5.42. The maximum absolute atomic E-state index is 5.42. The van der Waals surface area contributed by atoms with Crippen LogP contribution in [-0.2, 0) is 4.43 Å². The molecular formula is C21H46OSi. The number of hydrogen-bond donors (Lipinski definition) is 0. The summed E-state index contributed by atoms with van der Waals surface area (Å²) in [4.78, 5) is 0. The summed E-state index contributed by atoms with van der Waals surface area (Å²) in [5.74, 6) is 0. The van der Waals surface area contributed by atoms with Crippen molar-refractivity contribution in [2.75, 3.05) is 7.11 Å². The van der Waals surface area contributed by atoms with Crippen LogP contribution >= 0.6 is 0 Å². The van der Waals surface area contributed by atoms with Crippen LogP contribution in [0.1, 0.15) is 124 Å². The van der Waals surface area contributed by atoms with E-state index in [-0.39, 0.29) is 9.76 Å². The summed E-state index contributed by atoms with van der Waals surface area (Å²) in [6, 6.07) is 0. The zero-order chi connectivity index (χ0) is 17.2. The topological polar surface area (TPSA) is 9.23 Å². The van der Waals surface area contributed by atoms with E-state index in [0.29, 0.717) is 5.04 Å². The first-order chi connectivity index (χ1) is 11.1. The molecule has 0 aliphatic heterocycles. The summed E-state index contributed by atoms with van der Waals surface area (Å²) < 4.78 is 5.42. The van der Waals surface area contributed by atoms with E-state index in [2.05, 4.69) is 20.8 Å². The average Bonchev–Trinajstić information content (AvgIpc) is 2.51. The lowest BCUT2D eigenvalue weighted by Gasteiger charge is -2.22. The predicted octanol–water partition coefficient (Wildman–Crippen LogP) is 7.18. The predicted molar refractivity (Wildman–Crippen MR) is 109 cm³/mol. The number of rotatable bonds is 18. The van der Waals surface area contributed by atoms with E-state index in [1.54, 1.807) is 0 Å². The Morgan fingerprint density at radius 3 is 1.30 bits per heavy atom. The van der Waals surface area contributed by atoms with Gasteiger partial charge in [-0.15, -0.1) is 0 Å². The van der Waals surface area contributed by atoms with Gasteiger partial charge in [-0.2, -0.15) is 0 Å². The second kappa shape index (κ2) is 17.0. The van der Waals surface area contributed by atoms with Crippen LogP contribution in [0.5, 0.6) is 0 Å². The number of unbranched alkanes of at least 4 members (excludes halogenated alkanes) is 14. The third-order valence-electron chi connectivity index (χ3n) is 4.99. The van der Waals surface area contributed by atoms with Gasteiger partial charge in [-0.3, -0.25) is 0 Å². The van der Waals surface area contributed by atoms with Crippen LogP contribution < -0.4 is 0 Å². The molecule has 0 aromatic heterocycles. The van der Waals surface area contributed by atoms with Crippen molar-refractivity contribution in [1.29, 1.82) is 0 Å². The monoisotopic (exact) mass is 342 g/mol. The molecule has 0 bridgehead atoms. The minimum absolute atomic E-state index is 0.315. The van der Waals surface area contributed by atoms with Crippen LogP contribution in [-0.4, -0.2) is 16.9 Å². The molecule has 1 nitrogen and oxygen atoms in total. The molecule has 0 saturated carbocycles. The highest BCUT2D eigenvalue weighted by atomic mass is 28.2. The highest BCUT2D eigenvalue weighted by molar-refractivity contribution is 6.31. The second-order valence-corrected chi connectivity index (χ2v) is 11.1. The van der Waals surface area contributed by atoms with E-state index in [4.69, 9.17) is 4.43 Å². The average molecular weight is 343 g/mol. The van der Waals surface area contributed by atoms with E-state index in [9.17, 15) is 0 Å². The first kappa shape index (κ1) is 23.2. The van der Waals surface area contributed by atoms with Crippen LogP contribution in [0.4, 0.5) is 0 Å². The normalized spacial score (nSPS) is 12.5. The van der Waals surface area contributed by atoms with E-state index >= 15 is 0 Å². The molecule has 0 amide bonds. The van der Waals surface area contributed by atoms with Gasteiger partial charge in [0.05, 0.1) is 0 Å². The molecule has 0 rings (SSSR count). The standard InChI is InChI=1S/C21H46OSi/c1-5-6-7-8-9-10-11-12-13-14-15-16-17-18-19-20-21(2,3)23-22-4/h5-20,23H2,1-4H3. The van der Waals surface area contributed by atoms with Gasteiger partial charge in [0, 0.05) is 7.11 Å². The van der Waals surface area contributed by atoms with Crippen molar-refractivity contribution in [1.82, 2.24) is 0 Å². The highest BCUT2D eigenvalue weighted by Gasteiger charge is 2.17. The molecule has 0 aliphatic rings. The summed E-state index contributed by atoms with van der Waals surface area (Å²) in [5.41, 5.74) is 0. The summed E-state index contributed by atoms with van der Waals surface area (Å²) in [6.45, 7) is 7.06. The molecular weight excluding hydrogens is 296 g/mol. The fraction of sp³-hybridized carbons (Fsp3) is 1.00. The van der Waals surface area contributed by atoms with Crippen molar-refractivity contribution in [3.05, 3.63) is 0 Å². The van der Waals surface area contributed by atoms with Crippen LogP contribution in [0.3, 0.4) is 0 Å². The Morgan fingerprint density at radius 2 is 0.957 bits per heavy atom. The first-order valence-corrected chi connectivity index (χ1v) is 11.9. The maximum Gasteiger partial charge on any atom is 0.166 e. The molecule has 2 heteroatoms. The molecule has 0 radical (unpaired) electrons. The summed E-state index contributed by atoms with van der Waals surface area (Å²) in [7, 11) is 1.56. The minimum Gasteiger partial charge on any atom is -0.427 e. The Morgan fingerprint density at radius 1 is 0.609 bits per heavy atom. The Labute approximate surface area is 150 Å².